The van der Waals surface area contributed by atoms with Gasteiger partial charge in [0.15, 0.2) is 0 Å². The quantitative estimate of drug-likeness (QED) is 0.0423. The SMILES string of the molecule is CC(=O)NCCCC[C@H](NC(=O)[C@H](CCCCN)NC(=O)[C@H](CO)NC(=O)[C@H](CCCCN)NC(=O)[C@H](CC(C)C)NC(C)=O)C(=O)Nc1ccc2c(C)cc(=O)oc2c1. The molecule has 0 spiro atoms. The van der Waals surface area contributed by atoms with Crippen molar-refractivity contribution in [2.24, 2.45) is 17.4 Å². The van der Waals surface area contributed by atoms with Gasteiger partial charge in [0.05, 0.1) is 6.61 Å². The number of aliphatic hydroxyl groups excluding tert-OH is 1. The Bertz CT molecular complexity index is 1820. The van der Waals surface area contributed by atoms with Crippen molar-refractivity contribution in [2.45, 2.75) is 129 Å². The van der Waals surface area contributed by atoms with Crippen LogP contribution < -0.4 is 54.3 Å². The van der Waals surface area contributed by atoms with Crippen molar-refractivity contribution >= 4 is 58.0 Å². The van der Waals surface area contributed by atoms with Gasteiger partial charge in [-0.15, -0.1) is 0 Å². The molecule has 0 bridgehead atoms. The van der Waals surface area contributed by atoms with E-state index in [0.29, 0.717) is 81.2 Å². The third-order valence-corrected chi connectivity index (χ3v) is 9.52. The largest absolute Gasteiger partial charge is 0.423 e. The maximum Gasteiger partial charge on any atom is 0.336 e. The molecule has 1 aromatic carbocycles. The first-order valence-electron chi connectivity index (χ1n) is 20.6. The average Bonchev–Trinajstić information content (AvgIpc) is 3.17. The zero-order chi connectivity index (χ0) is 44.8. The van der Waals surface area contributed by atoms with Gasteiger partial charge < -0.3 is 58.2 Å². The van der Waals surface area contributed by atoms with E-state index < -0.39 is 77.9 Å². The number of carbonyl (C=O) groups is 7. The van der Waals surface area contributed by atoms with E-state index in [2.05, 4.69) is 37.2 Å². The van der Waals surface area contributed by atoms with Gasteiger partial charge in [-0.3, -0.25) is 33.6 Å². The normalized spacial score (nSPS) is 13.6. The van der Waals surface area contributed by atoms with E-state index in [1.54, 1.807) is 19.1 Å². The minimum absolute atomic E-state index is 0.0359. The van der Waals surface area contributed by atoms with Gasteiger partial charge in [0.1, 0.15) is 35.8 Å². The molecule has 0 saturated heterocycles. The standard InChI is InChI=1S/C41H65N9O10/c1-24(2)20-33(45-27(5)53)40(58)48-32(13-7-10-18-43)39(57)50-34(23-51)41(59)49-31(12-6-9-17-42)38(56)47-30(14-8-11-19-44-26(4)52)37(55)46-28-15-16-29-25(3)21-36(54)60-35(29)22-28/h15-16,21-22,24,30-34,51H,6-14,17-20,23,42-43H2,1-5H3,(H,44,52)(H,45,53)(H,46,55)(H,47,56)(H,48,58)(H,49,59)(H,50,57)/t30-,31-,32-,33-,34-/m0/s1. The third kappa shape index (κ3) is 18.3. The van der Waals surface area contributed by atoms with Crippen LogP contribution in [-0.4, -0.2) is 103 Å². The maximum absolute atomic E-state index is 13.9. The molecule has 19 nitrogen and oxygen atoms in total. The van der Waals surface area contributed by atoms with Crippen molar-refractivity contribution < 1.29 is 43.1 Å². The van der Waals surface area contributed by atoms with E-state index in [1.165, 1.54) is 26.0 Å². The summed E-state index contributed by atoms with van der Waals surface area (Å²) >= 11 is 0. The van der Waals surface area contributed by atoms with Crippen molar-refractivity contribution in [1.82, 2.24) is 31.9 Å². The van der Waals surface area contributed by atoms with Crippen LogP contribution in [0.1, 0.15) is 97.5 Å². The minimum Gasteiger partial charge on any atom is -0.423 e. The topological polar surface area (TPSA) is 306 Å². The highest BCUT2D eigenvalue weighted by atomic mass is 16.4. The molecule has 0 aliphatic rings. The Morgan fingerprint density at radius 2 is 1.15 bits per heavy atom. The number of benzene rings is 1. The van der Waals surface area contributed by atoms with Crippen molar-refractivity contribution in [3.8, 4) is 0 Å². The van der Waals surface area contributed by atoms with Gasteiger partial charge in [-0.1, -0.05) is 13.8 Å². The maximum atomic E-state index is 13.9. The molecule has 0 fully saturated rings. The fraction of sp³-hybridized carbons (Fsp3) is 0.610. The Labute approximate surface area is 350 Å². The van der Waals surface area contributed by atoms with Crippen LogP contribution in [0.4, 0.5) is 5.69 Å². The lowest BCUT2D eigenvalue weighted by atomic mass is 10.0. The Balaban J connectivity index is 2.30. The average molecular weight is 844 g/mol. The van der Waals surface area contributed by atoms with Crippen LogP contribution >= 0.6 is 0 Å². The molecule has 5 atom stereocenters. The van der Waals surface area contributed by atoms with Crippen molar-refractivity contribution in [3.63, 3.8) is 0 Å². The van der Waals surface area contributed by atoms with E-state index in [1.807, 2.05) is 13.8 Å². The van der Waals surface area contributed by atoms with Crippen LogP contribution in [0.15, 0.2) is 33.5 Å². The number of carbonyl (C=O) groups excluding carboxylic acids is 7. The van der Waals surface area contributed by atoms with Gasteiger partial charge in [0.2, 0.25) is 41.4 Å². The first-order valence-corrected chi connectivity index (χ1v) is 20.6. The van der Waals surface area contributed by atoms with E-state index in [4.69, 9.17) is 15.9 Å². The molecule has 0 unspecified atom stereocenters. The summed E-state index contributed by atoms with van der Waals surface area (Å²) in [4.78, 5) is 103. The summed E-state index contributed by atoms with van der Waals surface area (Å²) in [6.07, 6.45) is 3.50. The van der Waals surface area contributed by atoms with Gasteiger partial charge >= 0.3 is 5.63 Å². The molecule has 12 N–H and O–H groups in total. The van der Waals surface area contributed by atoms with Crippen LogP contribution in [0.3, 0.4) is 0 Å². The second-order valence-corrected chi connectivity index (χ2v) is 15.3. The number of nitrogens with one attached hydrogen (secondary N) is 7. The molecule has 7 amide bonds. The molecule has 1 heterocycles. The summed E-state index contributed by atoms with van der Waals surface area (Å²) in [6.45, 7) is 8.30. The third-order valence-electron chi connectivity index (χ3n) is 9.52. The summed E-state index contributed by atoms with van der Waals surface area (Å²) in [5.41, 5.74) is 12.0. The highest BCUT2D eigenvalue weighted by Gasteiger charge is 2.32. The number of anilines is 1. The Hall–Kier alpha value is -5.40. The summed E-state index contributed by atoms with van der Waals surface area (Å²) in [7, 11) is 0. The molecular weight excluding hydrogens is 779 g/mol. The molecule has 0 aliphatic carbocycles. The summed E-state index contributed by atoms with van der Waals surface area (Å²) < 4.78 is 5.31. The summed E-state index contributed by atoms with van der Waals surface area (Å²) in [5, 5.41) is 29.5. The Morgan fingerprint density at radius 3 is 1.65 bits per heavy atom. The number of hydrogen-bond donors (Lipinski definition) is 10. The highest BCUT2D eigenvalue weighted by Crippen LogP contribution is 2.21. The molecule has 19 heteroatoms. The number of unbranched alkanes of at least 4 members (excludes halogenated alkanes) is 3. The second kappa shape index (κ2) is 26.6. The molecule has 0 aliphatic heterocycles. The van der Waals surface area contributed by atoms with Crippen molar-refractivity contribution in [2.75, 3.05) is 31.6 Å². The lowest BCUT2D eigenvalue weighted by Crippen LogP contribution is -2.59. The van der Waals surface area contributed by atoms with Gasteiger partial charge in [-0.05, 0) is 108 Å². The lowest BCUT2D eigenvalue weighted by Gasteiger charge is -2.27. The van der Waals surface area contributed by atoms with Gasteiger partial charge in [0.25, 0.3) is 0 Å². The lowest BCUT2D eigenvalue weighted by molar-refractivity contribution is -0.135. The molecule has 0 radical (unpaired) electrons. The number of amides is 7. The molecule has 0 saturated carbocycles. The monoisotopic (exact) mass is 843 g/mol. The van der Waals surface area contributed by atoms with Crippen molar-refractivity contribution in [3.05, 3.63) is 40.2 Å². The number of rotatable bonds is 27. The number of hydrogen-bond acceptors (Lipinski definition) is 12. The fourth-order valence-electron chi connectivity index (χ4n) is 6.39. The fourth-order valence-corrected chi connectivity index (χ4v) is 6.39. The first kappa shape index (κ1) is 50.7. The van der Waals surface area contributed by atoms with E-state index in [9.17, 15) is 43.5 Å². The van der Waals surface area contributed by atoms with Crippen LogP contribution in [-0.2, 0) is 33.6 Å². The number of aryl methyl sites for hydroxylation is 1. The van der Waals surface area contributed by atoms with Crippen LogP contribution in [0.5, 0.6) is 0 Å². The summed E-state index contributed by atoms with van der Waals surface area (Å²) in [6, 6.07) is 0.224. The molecule has 334 valence electrons. The minimum atomic E-state index is -1.54. The molecule has 60 heavy (non-hydrogen) atoms. The van der Waals surface area contributed by atoms with E-state index in [-0.39, 0.29) is 36.7 Å². The zero-order valence-electron chi connectivity index (χ0n) is 35.4. The Morgan fingerprint density at radius 1 is 0.650 bits per heavy atom. The first-order chi connectivity index (χ1) is 28.5. The second-order valence-electron chi connectivity index (χ2n) is 15.3. The molecular formula is C41H65N9O10. The molecule has 1 aromatic heterocycles. The zero-order valence-corrected chi connectivity index (χ0v) is 35.4. The van der Waals surface area contributed by atoms with Crippen molar-refractivity contribution in [1.29, 1.82) is 0 Å². The predicted octanol–water partition coefficient (Wildman–Crippen LogP) is 0.0866. The van der Waals surface area contributed by atoms with Gasteiger partial charge in [-0.2, -0.15) is 0 Å². The smallest absolute Gasteiger partial charge is 0.336 e. The van der Waals surface area contributed by atoms with Gasteiger partial charge in [0, 0.05) is 43.6 Å². The number of fused-ring (bicyclic) bond motifs is 1. The molecule has 2 aromatic rings. The van der Waals surface area contributed by atoms with E-state index >= 15 is 0 Å². The van der Waals surface area contributed by atoms with E-state index in [0.717, 1.165) is 0 Å². The summed E-state index contributed by atoms with van der Waals surface area (Å²) in [5.74, 6) is -4.18. The highest BCUT2D eigenvalue weighted by molar-refractivity contribution is 6.00. The van der Waals surface area contributed by atoms with Crippen LogP contribution in [0.2, 0.25) is 0 Å². The van der Waals surface area contributed by atoms with Crippen LogP contribution in [0.25, 0.3) is 11.0 Å². The number of aliphatic hydroxyl groups is 1. The van der Waals surface area contributed by atoms with Crippen LogP contribution in [0, 0.1) is 12.8 Å². The Kier molecular flexibility index (Phi) is 22.5. The van der Waals surface area contributed by atoms with Gasteiger partial charge in [-0.25, -0.2) is 4.79 Å². The molecule has 2 rings (SSSR count). The predicted molar refractivity (Wildman–Crippen MR) is 226 cm³/mol. The number of nitrogens with two attached hydrogens (primary N) is 2.